The van der Waals surface area contributed by atoms with Crippen molar-refractivity contribution in [3.63, 3.8) is 0 Å². The fraction of sp³-hybridized carbons (Fsp3) is 0.102. The minimum Gasteiger partial charge on any atom is -0.256 e. The van der Waals surface area contributed by atoms with Crippen LogP contribution in [0.25, 0.3) is 66.5 Å². The Balaban J connectivity index is 1.14. The molecular weight excluding hydrogens is 617 g/mol. The molecule has 51 heavy (non-hydrogen) atoms. The monoisotopic (exact) mass is 652 g/mol. The van der Waals surface area contributed by atoms with E-state index in [0.717, 1.165) is 35.0 Å². The number of nitrogens with zero attached hydrogens (tertiary/aromatic N) is 2. The fourth-order valence-corrected chi connectivity index (χ4v) is 8.56. The normalized spacial score (nSPS) is 19.2. The first-order valence-electron chi connectivity index (χ1n) is 18.0. The highest BCUT2D eigenvalue weighted by atomic mass is 14.7. The van der Waals surface area contributed by atoms with Crippen LogP contribution in [-0.4, -0.2) is 9.97 Å². The average Bonchev–Trinajstić information content (AvgIpc) is 3.19. The SMILES string of the molecule is CC1(c2ccc(-c3cnc4ccccc4c3)nc2)C=Cc2c(c(C3=CC=C4C=CC=CC4C3)c3ccccc3c2-c2ccc3ccccc3c2)C1. The van der Waals surface area contributed by atoms with Gasteiger partial charge in [0.1, 0.15) is 0 Å². The number of hydrogen-bond acceptors (Lipinski definition) is 2. The van der Waals surface area contributed by atoms with Crippen LogP contribution in [0.3, 0.4) is 0 Å². The van der Waals surface area contributed by atoms with Crippen molar-refractivity contribution in [1.82, 2.24) is 9.97 Å². The minimum atomic E-state index is -0.234. The summed E-state index contributed by atoms with van der Waals surface area (Å²) in [5.41, 5.74) is 13.5. The second kappa shape index (κ2) is 11.7. The molecule has 0 saturated heterocycles. The van der Waals surface area contributed by atoms with Crippen LogP contribution in [0.2, 0.25) is 0 Å². The van der Waals surface area contributed by atoms with Crippen molar-refractivity contribution in [2.75, 3.05) is 0 Å². The summed E-state index contributed by atoms with van der Waals surface area (Å²) in [7, 11) is 0. The van der Waals surface area contributed by atoms with Crippen LogP contribution in [-0.2, 0) is 11.8 Å². The average molecular weight is 653 g/mol. The van der Waals surface area contributed by atoms with Gasteiger partial charge in [-0.1, -0.05) is 140 Å². The number of pyridine rings is 2. The number of fused-ring (bicyclic) bond motifs is 5. The Morgan fingerprint density at radius 2 is 1.43 bits per heavy atom. The molecule has 3 aliphatic carbocycles. The van der Waals surface area contributed by atoms with Crippen molar-refractivity contribution in [1.29, 1.82) is 0 Å². The summed E-state index contributed by atoms with van der Waals surface area (Å²) >= 11 is 0. The lowest BCUT2D eigenvalue weighted by molar-refractivity contribution is 0.584. The quantitative estimate of drug-likeness (QED) is 0.189. The second-order valence-corrected chi connectivity index (χ2v) is 14.4. The van der Waals surface area contributed by atoms with E-state index >= 15 is 0 Å². The zero-order valence-corrected chi connectivity index (χ0v) is 28.6. The molecule has 2 heteroatoms. The Labute approximate surface area is 298 Å². The fourth-order valence-electron chi connectivity index (χ4n) is 8.56. The van der Waals surface area contributed by atoms with Gasteiger partial charge in [-0.05, 0) is 103 Å². The molecule has 2 unspecified atom stereocenters. The van der Waals surface area contributed by atoms with Gasteiger partial charge in [0.2, 0.25) is 0 Å². The van der Waals surface area contributed by atoms with Gasteiger partial charge in [-0.3, -0.25) is 9.97 Å². The lowest BCUT2D eigenvalue weighted by Crippen LogP contribution is -2.27. The van der Waals surface area contributed by atoms with E-state index in [2.05, 4.69) is 159 Å². The van der Waals surface area contributed by atoms with Gasteiger partial charge in [-0.25, -0.2) is 0 Å². The standard InChI is InChI=1S/C49H36N2/c1-49(40-22-23-46(51-31-40)39-28-36-14-6-9-17-45(36)50-30-39)25-24-43-44(29-49)48(38-21-19-33-11-3-5-13-35(33)27-38)42-16-8-7-15-41(42)47(43)37-20-18-32-10-2-4-12-34(32)26-37/h2-26,28,30-31,35H,27,29H2,1H3. The highest BCUT2D eigenvalue weighted by Crippen LogP contribution is 2.49. The van der Waals surface area contributed by atoms with E-state index in [4.69, 9.17) is 9.97 Å². The van der Waals surface area contributed by atoms with Crippen molar-refractivity contribution in [3.05, 3.63) is 192 Å². The Hall–Kier alpha value is -6.12. The van der Waals surface area contributed by atoms with Crippen LogP contribution in [0.15, 0.2) is 170 Å². The first-order chi connectivity index (χ1) is 25.1. The Morgan fingerprint density at radius 3 is 2.29 bits per heavy atom. The summed E-state index contributed by atoms with van der Waals surface area (Å²) in [4.78, 5) is 9.72. The third-order valence-electron chi connectivity index (χ3n) is 11.3. The van der Waals surface area contributed by atoms with Crippen molar-refractivity contribution < 1.29 is 0 Å². The van der Waals surface area contributed by atoms with Gasteiger partial charge >= 0.3 is 0 Å². The molecule has 0 aliphatic heterocycles. The molecule has 242 valence electrons. The molecule has 0 saturated carbocycles. The maximum atomic E-state index is 5.03. The summed E-state index contributed by atoms with van der Waals surface area (Å²) in [5, 5.41) is 6.28. The molecule has 0 amide bonds. The molecule has 0 bridgehead atoms. The van der Waals surface area contributed by atoms with Gasteiger partial charge < -0.3 is 0 Å². The van der Waals surface area contributed by atoms with E-state index < -0.39 is 0 Å². The number of benzene rings is 5. The van der Waals surface area contributed by atoms with E-state index in [0.29, 0.717) is 5.92 Å². The van der Waals surface area contributed by atoms with Gasteiger partial charge in [0, 0.05) is 34.7 Å². The molecule has 2 heterocycles. The van der Waals surface area contributed by atoms with E-state index in [1.54, 1.807) is 0 Å². The van der Waals surface area contributed by atoms with E-state index in [9.17, 15) is 0 Å². The lowest BCUT2D eigenvalue weighted by atomic mass is 9.68. The highest BCUT2D eigenvalue weighted by Gasteiger charge is 2.34. The van der Waals surface area contributed by atoms with Gasteiger partial charge in [-0.15, -0.1) is 0 Å². The molecule has 0 fully saturated rings. The molecule has 0 radical (unpaired) electrons. The van der Waals surface area contributed by atoms with Gasteiger partial charge in [0.15, 0.2) is 0 Å². The first kappa shape index (κ1) is 29.8. The van der Waals surface area contributed by atoms with Crippen molar-refractivity contribution in [2.24, 2.45) is 5.92 Å². The molecule has 7 aromatic rings. The summed E-state index contributed by atoms with van der Waals surface area (Å²) in [6.45, 7) is 2.37. The molecule has 3 aliphatic rings. The lowest BCUT2D eigenvalue weighted by Gasteiger charge is -2.35. The zero-order chi connectivity index (χ0) is 33.9. The van der Waals surface area contributed by atoms with Crippen LogP contribution in [0.5, 0.6) is 0 Å². The molecule has 2 atom stereocenters. The van der Waals surface area contributed by atoms with Gasteiger partial charge in [0.05, 0.1) is 11.2 Å². The maximum absolute atomic E-state index is 5.03. The van der Waals surface area contributed by atoms with Gasteiger partial charge in [0.25, 0.3) is 0 Å². The van der Waals surface area contributed by atoms with Crippen molar-refractivity contribution >= 4 is 44.1 Å². The molecule has 5 aromatic carbocycles. The smallest absolute Gasteiger partial charge is 0.0717 e. The van der Waals surface area contributed by atoms with Crippen LogP contribution in [0.1, 0.15) is 35.6 Å². The van der Waals surface area contributed by atoms with Crippen LogP contribution < -0.4 is 0 Å². The third-order valence-corrected chi connectivity index (χ3v) is 11.3. The van der Waals surface area contributed by atoms with Crippen LogP contribution in [0, 0.1) is 5.92 Å². The Morgan fingerprint density at radius 1 is 0.647 bits per heavy atom. The topological polar surface area (TPSA) is 25.8 Å². The second-order valence-electron chi connectivity index (χ2n) is 14.4. The number of para-hydroxylation sites is 1. The largest absolute Gasteiger partial charge is 0.256 e. The summed E-state index contributed by atoms with van der Waals surface area (Å²) in [6.07, 6.45) is 24.4. The molecule has 0 spiro atoms. The number of rotatable bonds is 4. The first-order valence-corrected chi connectivity index (χ1v) is 18.0. The summed E-state index contributed by atoms with van der Waals surface area (Å²) in [6, 6.07) is 39.6. The maximum Gasteiger partial charge on any atom is 0.0717 e. The van der Waals surface area contributed by atoms with Crippen LogP contribution >= 0.6 is 0 Å². The predicted molar refractivity (Wildman–Crippen MR) is 214 cm³/mol. The third kappa shape index (κ3) is 5.02. The van der Waals surface area contributed by atoms with Crippen molar-refractivity contribution in [2.45, 2.75) is 25.2 Å². The van der Waals surface area contributed by atoms with Crippen molar-refractivity contribution in [3.8, 4) is 22.4 Å². The molecule has 2 nitrogen and oxygen atoms in total. The zero-order valence-electron chi connectivity index (χ0n) is 28.6. The predicted octanol–water partition coefficient (Wildman–Crippen LogP) is 12.3. The molecular formula is C49H36N2. The van der Waals surface area contributed by atoms with Gasteiger partial charge in [-0.2, -0.15) is 0 Å². The molecule has 2 aromatic heterocycles. The molecule has 10 rings (SSSR count). The summed E-state index contributed by atoms with van der Waals surface area (Å²) < 4.78 is 0. The number of aromatic nitrogens is 2. The highest BCUT2D eigenvalue weighted by molar-refractivity contribution is 6.09. The Kier molecular flexibility index (Phi) is 6.86. The molecule has 0 N–H and O–H groups in total. The van der Waals surface area contributed by atoms with Crippen LogP contribution in [0.4, 0.5) is 0 Å². The minimum absolute atomic E-state index is 0.234. The van der Waals surface area contributed by atoms with E-state index in [1.165, 1.54) is 66.1 Å². The number of allylic oxidation sites excluding steroid dienone is 9. The van der Waals surface area contributed by atoms with E-state index in [-0.39, 0.29) is 5.41 Å². The Bertz CT molecular complexity index is 2700. The summed E-state index contributed by atoms with van der Waals surface area (Å²) in [5.74, 6) is 0.399. The number of hydrogen-bond donors (Lipinski definition) is 0. The van der Waals surface area contributed by atoms with E-state index in [1.807, 2.05) is 18.3 Å².